The minimum atomic E-state index is -0.534. The normalized spacial score (nSPS) is 19.3. The Hall–Kier alpha value is -1.94. The molecule has 0 bridgehead atoms. The van der Waals surface area contributed by atoms with Gasteiger partial charge in [-0.25, -0.2) is 4.79 Å². The Morgan fingerprint density at radius 3 is 2.68 bits per heavy atom. The van der Waals surface area contributed by atoms with Gasteiger partial charge in [-0.3, -0.25) is 4.79 Å². The molecule has 0 saturated carbocycles. The number of ether oxygens (including phenoxy) is 1. The minimum absolute atomic E-state index is 0.147. The van der Waals surface area contributed by atoms with Gasteiger partial charge in [0.15, 0.2) is 0 Å². The van der Waals surface area contributed by atoms with Gasteiger partial charge in [-0.15, -0.1) is 0 Å². The SMILES string of the molecule is CC(C)(C)OC(=O)N1CCCC1/C=C/C(=O)C=[N+]=[N-]. The van der Waals surface area contributed by atoms with Crippen LogP contribution in [-0.4, -0.2) is 46.0 Å². The summed E-state index contributed by atoms with van der Waals surface area (Å²) in [5.74, 6) is -0.418. The largest absolute Gasteiger partial charge is 0.444 e. The zero-order valence-electron chi connectivity index (χ0n) is 11.5. The molecule has 6 nitrogen and oxygen atoms in total. The smallest absolute Gasteiger partial charge is 0.410 e. The van der Waals surface area contributed by atoms with Crippen molar-refractivity contribution in [3.8, 4) is 0 Å². The number of carbonyl (C=O) groups is 2. The number of hydrogen-bond acceptors (Lipinski definition) is 3. The number of ketones is 1. The van der Waals surface area contributed by atoms with Crippen molar-refractivity contribution in [2.75, 3.05) is 6.54 Å². The van der Waals surface area contributed by atoms with Gasteiger partial charge in [0.1, 0.15) is 5.60 Å². The van der Waals surface area contributed by atoms with Gasteiger partial charge in [-0.05, 0) is 39.7 Å². The van der Waals surface area contributed by atoms with Crippen molar-refractivity contribution in [1.29, 1.82) is 0 Å². The molecule has 104 valence electrons. The zero-order valence-corrected chi connectivity index (χ0v) is 11.5. The lowest BCUT2D eigenvalue weighted by Gasteiger charge is -2.27. The Bertz CT molecular complexity index is 431. The van der Waals surface area contributed by atoms with E-state index in [4.69, 9.17) is 10.3 Å². The molecule has 0 N–H and O–H groups in total. The first-order chi connectivity index (χ1) is 8.83. The molecule has 1 fully saturated rings. The first-order valence-electron chi connectivity index (χ1n) is 6.22. The zero-order chi connectivity index (χ0) is 14.5. The monoisotopic (exact) mass is 265 g/mol. The molecule has 1 saturated heterocycles. The van der Waals surface area contributed by atoms with E-state index in [0.717, 1.165) is 19.1 Å². The van der Waals surface area contributed by atoms with E-state index in [1.807, 2.05) is 20.8 Å². The fraction of sp³-hybridized carbons (Fsp3) is 0.615. The summed E-state index contributed by atoms with van der Waals surface area (Å²) in [7, 11) is 0. The second-order valence-electron chi connectivity index (χ2n) is 5.39. The van der Waals surface area contributed by atoms with Gasteiger partial charge < -0.3 is 15.2 Å². The average Bonchev–Trinajstić information content (AvgIpc) is 2.72. The molecule has 1 heterocycles. The first-order valence-corrected chi connectivity index (χ1v) is 6.22. The predicted molar refractivity (Wildman–Crippen MR) is 69.8 cm³/mol. The maximum atomic E-state index is 12.0. The molecule has 0 aliphatic carbocycles. The first kappa shape index (κ1) is 15.1. The van der Waals surface area contributed by atoms with Crippen molar-refractivity contribution in [3.05, 3.63) is 17.7 Å². The van der Waals surface area contributed by atoms with Crippen LogP contribution in [0.5, 0.6) is 0 Å². The highest BCUT2D eigenvalue weighted by Crippen LogP contribution is 2.21. The lowest BCUT2D eigenvalue weighted by Crippen LogP contribution is -2.39. The topological polar surface area (TPSA) is 83.0 Å². The van der Waals surface area contributed by atoms with Gasteiger partial charge in [0, 0.05) is 6.54 Å². The van der Waals surface area contributed by atoms with Crippen molar-refractivity contribution in [2.45, 2.75) is 45.3 Å². The highest BCUT2D eigenvalue weighted by atomic mass is 16.6. The van der Waals surface area contributed by atoms with E-state index < -0.39 is 11.4 Å². The summed E-state index contributed by atoms with van der Waals surface area (Å²) in [6.07, 6.45) is 5.04. The summed E-state index contributed by atoms with van der Waals surface area (Å²) in [4.78, 5) is 27.4. The van der Waals surface area contributed by atoms with E-state index in [2.05, 4.69) is 4.79 Å². The third-order valence-electron chi connectivity index (χ3n) is 2.59. The number of likely N-dealkylation sites (tertiary alicyclic amines) is 1. The second-order valence-corrected chi connectivity index (χ2v) is 5.39. The van der Waals surface area contributed by atoms with Crippen LogP contribution in [0, 0.1) is 0 Å². The Kier molecular flexibility index (Phi) is 5.01. The van der Waals surface area contributed by atoms with Gasteiger partial charge in [0.2, 0.25) is 0 Å². The number of rotatable bonds is 3. The van der Waals surface area contributed by atoms with Crippen LogP contribution in [0.2, 0.25) is 0 Å². The van der Waals surface area contributed by atoms with E-state index in [9.17, 15) is 9.59 Å². The van der Waals surface area contributed by atoms with Gasteiger partial charge in [-0.2, -0.15) is 4.79 Å². The molecule has 1 aliphatic rings. The van der Waals surface area contributed by atoms with Crippen molar-refractivity contribution in [3.63, 3.8) is 0 Å². The number of carbonyl (C=O) groups excluding carboxylic acids is 2. The molecule has 1 atom stereocenters. The van der Waals surface area contributed by atoms with Crippen molar-refractivity contribution >= 4 is 18.1 Å². The van der Waals surface area contributed by atoms with Crippen LogP contribution in [0.25, 0.3) is 5.53 Å². The van der Waals surface area contributed by atoms with Crippen LogP contribution in [-0.2, 0) is 9.53 Å². The van der Waals surface area contributed by atoms with Crippen molar-refractivity contribution in [2.24, 2.45) is 0 Å². The highest BCUT2D eigenvalue weighted by molar-refractivity contribution is 6.30. The molecule has 1 rings (SSSR count). The van der Waals surface area contributed by atoms with Crippen LogP contribution in [0.4, 0.5) is 4.79 Å². The molecular formula is C13H19N3O3. The Morgan fingerprint density at radius 1 is 1.42 bits per heavy atom. The molecule has 0 aromatic heterocycles. The molecular weight excluding hydrogens is 246 g/mol. The van der Waals surface area contributed by atoms with E-state index in [1.54, 1.807) is 11.0 Å². The van der Waals surface area contributed by atoms with Crippen LogP contribution in [0.1, 0.15) is 33.6 Å². The highest BCUT2D eigenvalue weighted by Gasteiger charge is 2.30. The molecule has 1 unspecified atom stereocenters. The van der Waals surface area contributed by atoms with Gasteiger partial charge in [0.05, 0.1) is 6.04 Å². The lowest BCUT2D eigenvalue weighted by molar-refractivity contribution is -0.111. The van der Waals surface area contributed by atoms with E-state index >= 15 is 0 Å². The molecule has 6 heteroatoms. The standard InChI is InChI=1S/C13H19N3O3/c1-13(2,3)19-12(18)16-8-4-5-10(16)6-7-11(17)9-15-14/h6-7,9-10H,4-5,8H2,1-3H3/b7-6+. The fourth-order valence-electron chi connectivity index (χ4n) is 1.85. The van der Waals surface area contributed by atoms with E-state index in [-0.39, 0.29) is 12.1 Å². The minimum Gasteiger partial charge on any atom is -0.444 e. The summed E-state index contributed by atoms with van der Waals surface area (Å²) in [6.45, 7) is 6.05. The van der Waals surface area contributed by atoms with Crippen molar-refractivity contribution in [1.82, 2.24) is 4.90 Å². The van der Waals surface area contributed by atoms with Gasteiger partial charge in [-0.1, -0.05) is 6.08 Å². The van der Waals surface area contributed by atoms with Crippen LogP contribution >= 0.6 is 0 Å². The Balaban J connectivity index is 2.66. The molecule has 1 aliphatic heterocycles. The third kappa shape index (κ3) is 5.06. The van der Waals surface area contributed by atoms with Crippen molar-refractivity contribution < 1.29 is 19.1 Å². The molecule has 19 heavy (non-hydrogen) atoms. The quantitative estimate of drug-likeness (QED) is 0.337. The number of amides is 1. The number of nitrogens with zero attached hydrogens (tertiary/aromatic N) is 3. The second kappa shape index (κ2) is 6.29. The maximum Gasteiger partial charge on any atom is 0.410 e. The molecule has 0 spiro atoms. The maximum absolute atomic E-state index is 12.0. The van der Waals surface area contributed by atoms with Crippen LogP contribution < -0.4 is 0 Å². The van der Waals surface area contributed by atoms with E-state index in [0.29, 0.717) is 6.54 Å². The Labute approximate surface area is 112 Å². The number of allylic oxidation sites excluding steroid dienone is 1. The van der Waals surface area contributed by atoms with E-state index in [1.165, 1.54) is 6.08 Å². The van der Waals surface area contributed by atoms with Crippen LogP contribution in [0.15, 0.2) is 12.2 Å². The predicted octanol–water partition coefficient (Wildman–Crippen LogP) is 1.81. The van der Waals surface area contributed by atoms with Gasteiger partial charge in [0.25, 0.3) is 5.78 Å². The molecule has 0 aromatic carbocycles. The molecule has 0 aromatic rings. The van der Waals surface area contributed by atoms with Gasteiger partial charge >= 0.3 is 12.3 Å². The molecule has 0 radical (unpaired) electrons. The summed E-state index contributed by atoms with van der Waals surface area (Å²) < 4.78 is 5.31. The lowest BCUT2D eigenvalue weighted by atomic mass is 10.2. The summed E-state index contributed by atoms with van der Waals surface area (Å²) in [5, 5.41) is 0. The summed E-state index contributed by atoms with van der Waals surface area (Å²) in [6, 6.07) is -0.147. The number of hydrogen-bond donors (Lipinski definition) is 0. The fourth-order valence-corrected chi connectivity index (χ4v) is 1.85. The third-order valence-corrected chi connectivity index (χ3v) is 2.59. The summed E-state index contributed by atoms with van der Waals surface area (Å²) in [5.41, 5.74) is 7.69. The average molecular weight is 265 g/mol. The summed E-state index contributed by atoms with van der Waals surface area (Å²) >= 11 is 0. The van der Waals surface area contributed by atoms with Crippen LogP contribution in [0.3, 0.4) is 0 Å². The molecule has 1 amide bonds. The Morgan fingerprint density at radius 2 is 2.11 bits per heavy atom.